The van der Waals surface area contributed by atoms with Crippen LogP contribution in [0.4, 0.5) is 0 Å². The fourth-order valence-electron chi connectivity index (χ4n) is 2.05. The predicted molar refractivity (Wildman–Crippen MR) is 95.2 cm³/mol. The van der Waals surface area contributed by atoms with Gasteiger partial charge in [-0.2, -0.15) is 0 Å². The molecule has 0 radical (unpaired) electrons. The maximum atomic E-state index is 5.70. The normalized spacial score (nSPS) is 11.4. The Morgan fingerprint density at radius 2 is 1.92 bits per heavy atom. The number of ether oxygens (including phenoxy) is 1. The highest BCUT2D eigenvalue weighted by molar-refractivity contribution is 5.79. The van der Waals surface area contributed by atoms with Gasteiger partial charge in [0, 0.05) is 13.6 Å². The summed E-state index contributed by atoms with van der Waals surface area (Å²) in [6.07, 6.45) is 0. The van der Waals surface area contributed by atoms with Crippen LogP contribution in [0.1, 0.15) is 24.1 Å². The molecular formula is C17H26N6O. The molecule has 0 amide bonds. The van der Waals surface area contributed by atoms with E-state index in [9.17, 15) is 0 Å². The van der Waals surface area contributed by atoms with Gasteiger partial charge in [0.2, 0.25) is 0 Å². The number of hydrogen-bond acceptors (Lipinski definition) is 4. The van der Waals surface area contributed by atoms with Crippen LogP contribution in [-0.2, 0) is 13.6 Å². The molecule has 0 saturated carbocycles. The Morgan fingerprint density at radius 1 is 1.17 bits per heavy atom. The topological polar surface area (TPSA) is 76.4 Å². The minimum Gasteiger partial charge on any atom is -0.492 e. The molecule has 24 heavy (non-hydrogen) atoms. The molecule has 0 aliphatic heterocycles. The first-order chi connectivity index (χ1) is 11.6. The summed E-state index contributed by atoms with van der Waals surface area (Å²) in [6.45, 7) is 8.52. The maximum absolute atomic E-state index is 5.70. The summed E-state index contributed by atoms with van der Waals surface area (Å²) in [7, 11) is 1.94. The highest BCUT2D eigenvalue weighted by Gasteiger charge is 2.04. The van der Waals surface area contributed by atoms with Crippen molar-refractivity contribution in [2.45, 2.75) is 27.3 Å². The molecule has 0 aliphatic rings. The molecule has 7 heteroatoms. The Hall–Kier alpha value is -2.57. The van der Waals surface area contributed by atoms with Gasteiger partial charge in [-0.1, -0.05) is 17.7 Å². The molecule has 0 aliphatic carbocycles. The Morgan fingerprint density at radius 3 is 2.54 bits per heavy atom. The molecule has 2 aromatic rings. The lowest BCUT2D eigenvalue weighted by Gasteiger charge is -2.12. The lowest BCUT2D eigenvalue weighted by atomic mass is 10.2. The molecule has 130 valence electrons. The molecular weight excluding hydrogens is 304 g/mol. The van der Waals surface area contributed by atoms with Crippen LogP contribution < -0.4 is 15.4 Å². The number of aryl methyl sites for hydroxylation is 2. The van der Waals surface area contributed by atoms with Gasteiger partial charge in [-0.3, -0.25) is 0 Å². The number of nitrogens with one attached hydrogen (secondary N) is 2. The highest BCUT2D eigenvalue weighted by atomic mass is 16.5. The smallest absolute Gasteiger partial charge is 0.191 e. The number of aliphatic imine (C=N–C) groups is 1. The van der Waals surface area contributed by atoms with Crippen molar-refractivity contribution in [2.75, 3.05) is 19.7 Å². The van der Waals surface area contributed by atoms with E-state index >= 15 is 0 Å². The average molecular weight is 330 g/mol. The summed E-state index contributed by atoms with van der Waals surface area (Å²) in [4.78, 5) is 4.53. The number of guanidine groups is 1. The molecule has 0 bridgehead atoms. The van der Waals surface area contributed by atoms with Crippen LogP contribution in [0.5, 0.6) is 5.75 Å². The Kier molecular flexibility index (Phi) is 6.60. The third-order valence-corrected chi connectivity index (χ3v) is 3.59. The molecule has 0 unspecified atom stereocenters. The lowest BCUT2D eigenvalue weighted by Crippen LogP contribution is -2.39. The largest absolute Gasteiger partial charge is 0.492 e. The van der Waals surface area contributed by atoms with Gasteiger partial charge in [0.05, 0.1) is 6.54 Å². The minimum absolute atomic E-state index is 0.478. The summed E-state index contributed by atoms with van der Waals surface area (Å²) in [5, 5.41) is 14.6. The van der Waals surface area contributed by atoms with Gasteiger partial charge < -0.3 is 19.9 Å². The number of aromatic nitrogens is 3. The second-order valence-corrected chi connectivity index (χ2v) is 5.51. The molecule has 2 N–H and O–H groups in total. The van der Waals surface area contributed by atoms with Crippen LogP contribution >= 0.6 is 0 Å². The van der Waals surface area contributed by atoms with E-state index < -0.39 is 0 Å². The molecule has 0 atom stereocenters. The summed E-state index contributed by atoms with van der Waals surface area (Å²) < 4.78 is 7.64. The zero-order chi connectivity index (χ0) is 17.4. The molecule has 7 nitrogen and oxygen atoms in total. The molecule has 1 heterocycles. The fraction of sp³-hybridized carbons (Fsp3) is 0.471. The van der Waals surface area contributed by atoms with Crippen LogP contribution in [-0.4, -0.2) is 40.4 Å². The van der Waals surface area contributed by atoms with Gasteiger partial charge >= 0.3 is 0 Å². The van der Waals surface area contributed by atoms with E-state index in [1.54, 1.807) is 0 Å². The molecule has 0 saturated heterocycles. The van der Waals surface area contributed by atoms with E-state index in [4.69, 9.17) is 4.74 Å². The van der Waals surface area contributed by atoms with E-state index in [1.165, 1.54) is 5.56 Å². The lowest BCUT2D eigenvalue weighted by molar-refractivity contribution is 0.322. The Balaban J connectivity index is 1.81. The van der Waals surface area contributed by atoms with E-state index in [2.05, 4.69) is 32.7 Å². The fourth-order valence-corrected chi connectivity index (χ4v) is 2.05. The van der Waals surface area contributed by atoms with Gasteiger partial charge in [0.25, 0.3) is 0 Å². The number of benzene rings is 1. The van der Waals surface area contributed by atoms with Crippen molar-refractivity contribution >= 4 is 5.96 Å². The molecule has 1 aromatic carbocycles. The molecule has 0 fully saturated rings. The maximum Gasteiger partial charge on any atom is 0.191 e. The van der Waals surface area contributed by atoms with Gasteiger partial charge in [-0.15, -0.1) is 10.2 Å². The van der Waals surface area contributed by atoms with Gasteiger partial charge in [-0.25, -0.2) is 4.99 Å². The van der Waals surface area contributed by atoms with Crippen molar-refractivity contribution in [2.24, 2.45) is 12.0 Å². The highest BCUT2D eigenvalue weighted by Crippen LogP contribution is 2.10. The number of nitrogens with zero attached hydrogens (tertiary/aromatic N) is 4. The van der Waals surface area contributed by atoms with Crippen molar-refractivity contribution in [1.82, 2.24) is 25.4 Å². The van der Waals surface area contributed by atoms with Crippen molar-refractivity contribution in [3.8, 4) is 5.75 Å². The van der Waals surface area contributed by atoms with Crippen LogP contribution in [0.15, 0.2) is 29.3 Å². The van der Waals surface area contributed by atoms with Crippen molar-refractivity contribution < 1.29 is 4.74 Å². The Labute approximate surface area is 143 Å². The SMILES string of the molecule is CCNC(=NCc1nnc(C)n1C)NCCOc1ccc(C)cc1. The minimum atomic E-state index is 0.478. The van der Waals surface area contributed by atoms with E-state index in [0.717, 1.165) is 29.9 Å². The zero-order valence-electron chi connectivity index (χ0n) is 14.8. The van der Waals surface area contributed by atoms with Crippen LogP contribution in [0.25, 0.3) is 0 Å². The van der Waals surface area contributed by atoms with Crippen LogP contribution in [0.3, 0.4) is 0 Å². The third kappa shape index (κ3) is 5.26. The second kappa shape index (κ2) is 8.90. The van der Waals surface area contributed by atoms with Crippen molar-refractivity contribution in [1.29, 1.82) is 0 Å². The first-order valence-electron chi connectivity index (χ1n) is 8.16. The Bertz CT molecular complexity index is 662. The molecule has 2 rings (SSSR count). The first-order valence-corrected chi connectivity index (χ1v) is 8.16. The standard InChI is InChI=1S/C17H26N6O/c1-5-18-17(20-12-16-22-21-14(3)23(16)4)19-10-11-24-15-8-6-13(2)7-9-15/h6-9H,5,10-12H2,1-4H3,(H2,18,19,20). The molecule has 1 aromatic heterocycles. The zero-order valence-corrected chi connectivity index (χ0v) is 14.8. The van der Waals surface area contributed by atoms with Gasteiger partial charge in [-0.05, 0) is 32.9 Å². The van der Waals surface area contributed by atoms with Crippen LogP contribution in [0, 0.1) is 13.8 Å². The molecule has 0 spiro atoms. The monoisotopic (exact) mass is 330 g/mol. The first kappa shape index (κ1) is 17.8. The van der Waals surface area contributed by atoms with Gasteiger partial charge in [0.1, 0.15) is 24.7 Å². The summed E-state index contributed by atoms with van der Waals surface area (Å²) in [5.41, 5.74) is 1.22. The van der Waals surface area contributed by atoms with Crippen molar-refractivity contribution in [3.63, 3.8) is 0 Å². The van der Waals surface area contributed by atoms with Crippen molar-refractivity contribution in [3.05, 3.63) is 41.5 Å². The van der Waals surface area contributed by atoms with E-state index in [0.29, 0.717) is 19.7 Å². The average Bonchev–Trinajstić information content (AvgIpc) is 2.90. The predicted octanol–water partition coefficient (Wildman–Crippen LogP) is 1.57. The number of hydrogen-bond donors (Lipinski definition) is 2. The van der Waals surface area contributed by atoms with E-state index in [-0.39, 0.29) is 0 Å². The van der Waals surface area contributed by atoms with Gasteiger partial charge in [0.15, 0.2) is 11.8 Å². The summed E-state index contributed by atoms with van der Waals surface area (Å²) in [5.74, 6) is 3.33. The number of rotatable bonds is 7. The second-order valence-electron chi connectivity index (χ2n) is 5.51. The summed E-state index contributed by atoms with van der Waals surface area (Å²) in [6, 6.07) is 8.03. The van der Waals surface area contributed by atoms with Crippen LogP contribution in [0.2, 0.25) is 0 Å². The van der Waals surface area contributed by atoms with E-state index in [1.807, 2.05) is 49.7 Å². The quantitative estimate of drug-likeness (QED) is 0.458. The third-order valence-electron chi connectivity index (χ3n) is 3.59. The summed E-state index contributed by atoms with van der Waals surface area (Å²) >= 11 is 0.